The number of aromatic nitrogens is 4. The van der Waals surface area contributed by atoms with Crippen molar-refractivity contribution in [2.24, 2.45) is 7.05 Å². The van der Waals surface area contributed by atoms with Gasteiger partial charge in [-0.1, -0.05) is 36.4 Å². The smallest absolute Gasteiger partial charge is 0.260 e. The molecule has 2 aromatic heterocycles. The summed E-state index contributed by atoms with van der Waals surface area (Å²) in [7, 11) is 1.82. The van der Waals surface area contributed by atoms with E-state index in [1.54, 1.807) is 17.0 Å². The summed E-state index contributed by atoms with van der Waals surface area (Å²) in [5.74, 6) is 0.843. The Hall–Kier alpha value is -3.25. The molecular weight excluding hydrogens is 340 g/mol. The number of aryl methyl sites for hydroxylation is 3. The summed E-state index contributed by atoms with van der Waals surface area (Å²) in [6, 6.07) is 15.2. The predicted octanol–water partition coefficient (Wildman–Crippen LogP) is 3.37. The summed E-state index contributed by atoms with van der Waals surface area (Å²) in [6.45, 7) is 4.03. The number of nitrogens with zero attached hydrogens (tertiary/aromatic N) is 4. The third kappa shape index (κ3) is 2.84. The molecule has 6 heteroatoms. The van der Waals surface area contributed by atoms with E-state index in [1.165, 1.54) is 0 Å². The highest BCUT2D eigenvalue weighted by atomic mass is 16.4. The van der Waals surface area contributed by atoms with Crippen LogP contribution < -0.4 is 0 Å². The fraction of sp³-hybridized carbons (Fsp3) is 0.190. The fourth-order valence-electron chi connectivity index (χ4n) is 3.10. The van der Waals surface area contributed by atoms with E-state index in [-0.39, 0.29) is 5.89 Å². The van der Waals surface area contributed by atoms with E-state index < -0.39 is 5.60 Å². The maximum Gasteiger partial charge on any atom is 0.260 e. The Morgan fingerprint density at radius 2 is 1.78 bits per heavy atom. The lowest BCUT2D eigenvalue weighted by atomic mass is 9.90. The molecule has 27 heavy (non-hydrogen) atoms. The van der Waals surface area contributed by atoms with Gasteiger partial charge in [0.25, 0.3) is 5.89 Å². The molecule has 0 aliphatic carbocycles. The molecule has 4 aromatic rings. The molecule has 0 saturated carbocycles. The zero-order valence-corrected chi connectivity index (χ0v) is 15.4. The Morgan fingerprint density at radius 1 is 1.00 bits per heavy atom. The van der Waals surface area contributed by atoms with Crippen LogP contribution in [0.15, 0.2) is 65.3 Å². The summed E-state index contributed by atoms with van der Waals surface area (Å²) < 4.78 is 7.66. The molecule has 0 aliphatic heterocycles. The first-order chi connectivity index (χ1) is 13.0. The molecule has 2 heterocycles. The molecule has 136 valence electrons. The molecule has 0 amide bonds. The Bertz CT molecular complexity index is 1080. The molecule has 1 N–H and O–H groups in total. The SMILES string of the molecule is Cc1ccc(C(O)(c2nnc(-c3ccccc3)o2)c2nccn2C)cc1C. The van der Waals surface area contributed by atoms with Crippen LogP contribution in [0.4, 0.5) is 0 Å². The normalized spacial score (nSPS) is 13.5. The van der Waals surface area contributed by atoms with Gasteiger partial charge in [-0.25, -0.2) is 4.98 Å². The van der Waals surface area contributed by atoms with Crippen molar-refractivity contribution < 1.29 is 9.52 Å². The standard InChI is InChI=1S/C21H20N4O2/c1-14-9-10-17(13-15(14)2)21(26,19-22-11-12-25(19)3)20-24-23-18(27-20)16-7-5-4-6-8-16/h4-13,26H,1-3H3. The maximum absolute atomic E-state index is 11.8. The van der Waals surface area contributed by atoms with Gasteiger partial charge in [0.05, 0.1) is 0 Å². The second kappa shape index (κ2) is 6.48. The van der Waals surface area contributed by atoms with Crippen LogP contribution in [0.1, 0.15) is 28.4 Å². The molecule has 1 unspecified atom stereocenters. The van der Waals surface area contributed by atoms with E-state index in [9.17, 15) is 5.11 Å². The van der Waals surface area contributed by atoms with E-state index in [0.717, 1.165) is 16.7 Å². The number of benzene rings is 2. The summed E-state index contributed by atoms with van der Waals surface area (Å²) in [5, 5.41) is 20.1. The Morgan fingerprint density at radius 3 is 2.44 bits per heavy atom. The topological polar surface area (TPSA) is 77.0 Å². The van der Waals surface area contributed by atoms with Gasteiger partial charge in [-0.2, -0.15) is 0 Å². The molecule has 0 radical (unpaired) electrons. The summed E-state index contributed by atoms with van der Waals surface area (Å²) >= 11 is 0. The second-order valence-electron chi connectivity index (χ2n) is 6.65. The van der Waals surface area contributed by atoms with Gasteiger partial charge in [0.1, 0.15) is 0 Å². The zero-order chi connectivity index (χ0) is 19.0. The molecule has 0 fully saturated rings. The van der Waals surface area contributed by atoms with Gasteiger partial charge in [-0.05, 0) is 37.1 Å². The average molecular weight is 360 g/mol. The van der Waals surface area contributed by atoms with E-state index in [1.807, 2.05) is 69.4 Å². The van der Waals surface area contributed by atoms with Crippen LogP contribution in [0.2, 0.25) is 0 Å². The van der Waals surface area contributed by atoms with Crippen molar-refractivity contribution in [2.45, 2.75) is 19.4 Å². The maximum atomic E-state index is 11.8. The molecule has 4 rings (SSSR count). The predicted molar refractivity (Wildman–Crippen MR) is 101 cm³/mol. The van der Waals surface area contributed by atoms with Crippen LogP contribution in [-0.4, -0.2) is 24.9 Å². The number of hydrogen-bond donors (Lipinski definition) is 1. The number of imidazole rings is 1. The van der Waals surface area contributed by atoms with Gasteiger partial charge in [0, 0.05) is 30.6 Å². The van der Waals surface area contributed by atoms with Crippen molar-refractivity contribution in [3.05, 3.63) is 89.3 Å². The van der Waals surface area contributed by atoms with E-state index >= 15 is 0 Å². The molecule has 0 bridgehead atoms. The van der Waals surface area contributed by atoms with Gasteiger partial charge in [0.2, 0.25) is 11.5 Å². The largest absolute Gasteiger partial charge is 0.417 e. The van der Waals surface area contributed by atoms with E-state index in [4.69, 9.17) is 4.42 Å². The Balaban J connectivity index is 1.91. The molecule has 0 aliphatic rings. The van der Waals surface area contributed by atoms with Crippen molar-refractivity contribution in [3.63, 3.8) is 0 Å². The fourth-order valence-corrected chi connectivity index (χ4v) is 3.10. The van der Waals surface area contributed by atoms with Gasteiger partial charge >= 0.3 is 0 Å². The van der Waals surface area contributed by atoms with Crippen molar-refractivity contribution >= 4 is 0 Å². The molecule has 1 atom stereocenters. The van der Waals surface area contributed by atoms with Gasteiger partial charge in [-0.3, -0.25) is 0 Å². The first-order valence-corrected chi connectivity index (χ1v) is 8.67. The van der Waals surface area contributed by atoms with Crippen LogP contribution in [0.3, 0.4) is 0 Å². The second-order valence-corrected chi connectivity index (χ2v) is 6.65. The van der Waals surface area contributed by atoms with Crippen LogP contribution in [0, 0.1) is 13.8 Å². The van der Waals surface area contributed by atoms with Crippen LogP contribution >= 0.6 is 0 Å². The average Bonchev–Trinajstić information content (AvgIpc) is 3.34. The van der Waals surface area contributed by atoms with Crippen LogP contribution in [0.5, 0.6) is 0 Å². The minimum Gasteiger partial charge on any atom is -0.417 e. The first kappa shape index (κ1) is 17.2. The van der Waals surface area contributed by atoms with Crippen molar-refractivity contribution in [3.8, 4) is 11.5 Å². The minimum absolute atomic E-state index is 0.0823. The third-order valence-electron chi connectivity index (χ3n) is 4.82. The summed E-state index contributed by atoms with van der Waals surface area (Å²) in [4.78, 5) is 4.36. The monoisotopic (exact) mass is 360 g/mol. The van der Waals surface area contributed by atoms with Gasteiger partial charge < -0.3 is 14.1 Å². The Labute approximate surface area is 157 Å². The molecule has 0 saturated heterocycles. The Kier molecular flexibility index (Phi) is 4.12. The van der Waals surface area contributed by atoms with E-state index in [0.29, 0.717) is 17.3 Å². The number of hydrogen-bond acceptors (Lipinski definition) is 5. The number of rotatable bonds is 4. The molecule has 6 nitrogen and oxygen atoms in total. The van der Waals surface area contributed by atoms with Crippen molar-refractivity contribution in [1.29, 1.82) is 0 Å². The van der Waals surface area contributed by atoms with Crippen LogP contribution in [-0.2, 0) is 12.6 Å². The lowest BCUT2D eigenvalue weighted by Crippen LogP contribution is -2.32. The lowest BCUT2D eigenvalue weighted by molar-refractivity contribution is 0.0813. The van der Waals surface area contributed by atoms with E-state index in [2.05, 4.69) is 15.2 Å². The highest BCUT2D eigenvalue weighted by Gasteiger charge is 2.43. The first-order valence-electron chi connectivity index (χ1n) is 8.67. The lowest BCUT2D eigenvalue weighted by Gasteiger charge is -2.25. The summed E-state index contributed by atoms with van der Waals surface area (Å²) in [6.07, 6.45) is 3.41. The molecule has 2 aromatic carbocycles. The zero-order valence-electron chi connectivity index (χ0n) is 15.4. The van der Waals surface area contributed by atoms with Gasteiger partial charge in [0.15, 0.2) is 5.82 Å². The van der Waals surface area contributed by atoms with Crippen molar-refractivity contribution in [1.82, 2.24) is 19.7 Å². The third-order valence-corrected chi connectivity index (χ3v) is 4.82. The highest BCUT2D eigenvalue weighted by molar-refractivity contribution is 5.52. The molecule has 0 spiro atoms. The summed E-state index contributed by atoms with van der Waals surface area (Å²) in [5.41, 5.74) is 1.96. The van der Waals surface area contributed by atoms with Crippen molar-refractivity contribution in [2.75, 3.05) is 0 Å². The van der Waals surface area contributed by atoms with Gasteiger partial charge in [-0.15, -0.1) is 10.2 Å². The number of aliphatic hydroxyl groups is 1. The quantitative estimate of drug-likeness (QED) is 0.604. The molecular formula is C21H20N4O2. The highest BCUT2D eigenvalue weighted by Crippen LogP contribution is 2.36. The van der Waals surface area contributed by atoms with Crippen LogP contribution in [0.25, 0.3) is 11.5 Å². The minimum atomic E-state index is -1.66.